The molecule has 2 amide bonds. The lowest BCUT2D eigenvalue weighted by Gasteiger charge is -2.21. The van der Waals surface area contributed by atoms with E-state index in [-0.39, 0.29) is 12.5 Å². The Kier molecular flexibility index (Phi) is 4.86. The number of methoxy groups -OCH3 is 1. The summed E-state index contributed by atoms with van der Waals surface area (Å²) in [5.74, 6) is 0.0836. The molecule has 0 aromatic carbocycles. The summed E-state index contributed by atoms with van der Waals surface area (Å²) in [5, 5.41) is 5.20. The van der Waals surface area contributed by atoms with Crippen LogP contribution >= 0.6 is 0 Å². The fourth-order valence-corrected chi connectivity index (χ4v) is 1.35. The molecule has 0 fully saturated rings. The molecule has 0 saturated carbocycles. The van der Waals surface area contributed by atoms with Crippen molar-refractivity contribution in [1.82, 2.24) is 10.3 Å². The van der Waals surface area contributed by atoms with Gasteiger partial charge >= 0.3 is 12.0 Å². The van der Waals surface area contributed by atoms with Crippen molar-refractivity contribution in [3.8, 4) is 0 Å². The Morgan fingerprint density at radius 3 is 2.58 bits per heavy atom. The number of hydrogen-bond acceptors (Lipinski definition) is 4. The number of nitrogens with one attached hydrogen (secondary N) is 2. The zero-order chi connectivity index (χ0) is 14.5. The number of pyridine rings is 1. The molecule has 0 bridgehead atoms. The molecule has 6 nitrogen and oxygen atoms in total. The van der Waals surface area contributed by atoms with Crippen LogP contribution in [0.4, 0.5) is 10.6 Å². The van der Waals surface area contributed by atoms with Gasteiger partial charge in [0.1, 0.15) is 5.82 Å². The van der Waals surface area contributed by atoms with E-state index in [4.69, 9.17) is 0 Å². The highest BCUT2D eigenvalue weighted by Crippen LogP contribution is 2.15. The van der Waals surface area contributed by atoms with E-state index >= 15 is 0 Å². The van der Waals surface area contributed by atoms with Gasteiger partial charge in [0.25, 0.3) is 0 Å². The van der Waals surface area contributed by atoms with Gasteiger partial charge in [-0.15, -0.1) is 0 Å². The summed E-state index contributed by atoms with van der Waals surface area (Å²) in [6.45, 7) is 5.49. The minimum absolute atomic E-state index is 0.178. The van der Waals surface area contributed by atoms with Crippen molar-refractivity contribution in [3.63, 3.8) is 0 Å². The third-order valence-corrected chi connectivity index (χ3v) is 2.58. The summed E-state index contributed by atoms with van der Waals surface area (Å²) >= 11 is 0. The second-order valence-electron chi connectivity index (χ2n) is 4.90. The van der Waals surface area contributed by atoms with E-state index in [0.717, 1.165) is 5.56 Å². The summed E-state index contributed by atoms with van der Waals surface area (Å²) in [5.41, 5.74) is 0.241. The maximum absolute atomic E-state index is 11.6. The van der Waals surface area contributed by atoms with Crippen LogP contribution in [0.15, 0.2) is 18.3 Å². The largest absolute Gasteiger partial charge is 0.469 e. The van der Waals surface area contributed by atoms with Gasteiger partial charge in [0.05, 0.1) is 12.5 Å². The Labute approximate surface area is 112 Å². The number of carbonyl (C=O) groups excluding carboxylic acids is 2. The molecule has 104 valence electrons. The lowest BCUT2D eigenvalue weighted by Crippen LogP contribution is -2.41. The van der Waals surface area contributed by atoms with Gasteiger partial charge in [-0.25, -0.2) is 9.78 Å². The number of aromatic nitrogens is 1. The van der Waals surface area contributed by atoms with Crippen molar-refractivity contribution in [2.45, 2.75) is 20.8 Å². The fraction of sp³-hybridized carbons (Fsp3) is 0.462. The van der Waals surface area contributed by atoms with Crippen molar-refractivity contribution in [2.24, 2.45) is 5.41 Å². The van der Waals surface area contributed by atoms with Gasteiger partial charge in [-0.3, -0.25) is 10.1 Å². The lowest BCUT2D eigenvalue weighted by atomic mass is 9.94. The highest BCUT2D eigenvalue weighted by Gasteiger charge is 2.29. The quantitative estimate of drug-likeness (QED) is 0.812. The van der Waals surface area contributed by atoms with E-state index in [1.165, 1.54) is 7.11 Å². The van der Waals surface area contributed by atoms with Gasteiger partial charge < -0.3 is 10.1 Å². The average Bonchev–Trinajstić information content (AvgIpc) is 2.38. The smallest absolute Gasteiger partial charge is 0.320 e. The predicted octanol–water partition coefficient (Wildman–Crippen LogP) is 1.71. The van der Waals surface area contributed by atoms with E-state index in [2.05, 4.69) is 20.4 Å². The second-order valence-corrected chi connectivity index (χ2v) is 4.90. The molecule has 0 unspecified atom stereocenters. The average molecular weight is 265 g/mol. The first-order chi connectivity index (χ1) is 8.85. The third-order valence-electron chi connectivity index (χ3n) is 2.58. The molecule has 1 aromatic heterocycles. The van der Waals surface area contributed by atoms with Crippen LogP contribution in [-0.4, -0.2) is 30.6 Å². The molecular weight excluding hydrogens is 246 g/mol. The maximum Gasteiger partial charge on any atom is 0.320 e. The number of rotatable bonds is 4. The fourth-order valence-electron chi connectivity index (χ4n) is 1.35. The Hall–Kier alpha value is -2.11. The standard InChI is InChI=1S/C13H19N3O3/c1-9-5-6-10(14-7-9)16-12(18)15-8-13(2,3)11(17)19-4/h5-7H,8H2,1-4H3,(H2,14,15,16,18). The highest BCUT2D eigenvalue weighted by atomic mass is 16.5. The first-order valence-corrected chi connectivity index (χ1v) is 5.91. The van der Waals surface area contributed by atoms with Gasteiger partial charge in [-0.2, -0.15) is 0 Å². The summed E-state index contributed by atoms with van der Waals surface area (Å²) in [6, 6.07) is 3.15. The topological polar surface area (TPSA) is 80.3 Å². The van der Waals surface area contributed by atoms with Crippen LogP contribution in [-0.2, 0) is 9.53 Å². The minimum atomic E-state index is -0.771. The van der Waals surface area contributed by atoms with Crippen molar-refractivity contribution in [1.29, 1.82) is 0 Å². The third kappa shape index (κ3) is 4.57. The van der Waals surface area contributed by atoms with Crippen LogP contribution in [0.3, 0.4) is 0 Å². The van der Waals surface area contributed by atoms with Crippen molar-refractivity contribution < 1.29 is 14.3 Å². The van der Waals surface area contributed by atoms with Gasteiger partial charge in [-0.05, 0) is 32.4 Å². The summed E-state index contributed by atoms with van der Waals surface area (Å²) in [7, 11) is 1.32. The second kappa shape index (κ2) is 6.17. The molecule has 19 heavy (non-hydrogen) atoms. The van der Waals surface area contributed by atoms with Crippen LogP contribution < -0.4 is 10.6 Å². The van der Waals surface area contributed by atoms with E-state index in [1.54, 1.807) is 26.1 Å². The van der Waals surface area contributed by atoms with Gasteiger partial charge in [0, 0.05) is 12.7 Å². The number of nitrogens with zero attached hydrogens (tertiary/aromatic N) is 1. The Morgan fingerprint density at radius 1 is 1.37 bits per heavy atom. The Bertz CT molecular complexity index is 455. The van der Waals surface area contributed by atoms with E-state index in [1.807, 2.05) is 13.0 Å². The number of urea groups is 1. The minimum Gasteiger partial charge on any atom is -0.469 e. The number of ether oxygens (including phenoxy) is 1. The van der Waals surface area contributed by atoms with Gasteiger partial charge in [0.2, 0.25) is 0 Å². The first-order valence-electron chi connectivity index (χ1n) is 5.91. The summed E-state index contributed by atoms with van der Waals surface area (Å²) in [6.07, 6.45) is 1.66. The molecule has 1 heterocycles. The normalized spacial score (nSPS) is 10.7. The van der Waals surface area contributed by atoms with Gasteiger partial charge in [0.15, 0.2) is 0 Å². The van der Waals surface area contributed by atoms with Gasteiger partial charge in [-0.1, -0.05) is 6.07 Å². The summed E-state index contributed by atoms with van der Waals surface area (Å²) < 4.78 is 4.66. The molecule has 2 N–H and O–H groups in total. The van der Waals surface area contributed by atoms with Crippen molar-refractivity contribution in [3.05, 3.63) is 23.9 Å². The number of amides is 2. The van der Waals surface area contributed by atoms with Crippen LogP contribution in [0.2, 0.25) is 0 Å². The Balaban J connectivity index is 2.48. The monoisotopic (exact) mass is 265 g/mol. The van der Waals surface area contributed by atoms with E-state index in [0.29, 0.717) is 5.82 Å². The Morgan fingerprint density at radius 2 is 2.05 bits per heavy atom. The lowest BCUT2D eigenvalue weighted by molar-refractivity contribution is -0.150. The molecular formula is C13H19N3O3. The van der Waals surface area contributed by atoms with Crippen LogP contribution in [0.25, 0.3) is 0 Å². The maximum atomic E-state index is 11.6. The van der Waals surface area contributed by atoms with Crippen molar-refractivity contribution in [2.75, 3.05) is 19.0 Å². The van der Waals surface area contributed by atoms with Crippen LogP contribution in [0.5, 0.6) is 0 Å². The number of aryl methyl sites for hydroxylation is 1. The number of anilines is 1. The SMILES string of the molecule is COC(=O)C(C)(C)CNC(=O)Nc1ccc(C)cn1. The zero-order valence-electron chi connectivity index (χ0n) is 11.6. The molecule has 0 saturated heterocycles. The van der Waals surface area contributed by atoms with Crippen molar-refractivity contribution >= 4 is 17.8 Å². The molecule has 6 heteroatoms. The summed E-state index contributed by atoms with van der Waals surface area (Å²) in [4.78, 5) is 27.1. The number of esters is 1. The molecule has 1 aromatic rings. The number of carbonyl (C=O) groups is 2. The molecule has 1 rings (SSSR count). The van der Waals surface area contributed by atoms with Crippen LogP contribution in [0, 0.1) is 12.3 Å². The molecule has 0 aliphatic carbocycles. The molecule has 0 atom stereocenters. The molecule has 0 radical (unpaired) electrons. The number of hydrogen-bond donors (Lipinski definition) is 2. The predicted molar refractivity (Wildman–Crippen MR) is 71.8 cm³/mol. The molecule has 0 aliphatic rings. The molecule has 0 aliphatic heterocycles. The van der Waals surface area contributed by atoms with E-state index < -0.39 is 11.4 Å². The highest BCUT2D eigenvalue weighted by molar-refractivity contribution is 5.88. The zero-order valence-corrected chi connectivity index (χ0v) is 11.6. The first kappa shape index (κ1) is 14.9. The molecule has 0 spiro atoms. The van der Waals surface area contributed by atoms with E-state index in [9.17, 15) is 9.59 Å². The van der Waals surface area contributed by atoms with Crippen LogP contribution in [0.1, 0.15) is 19.4 Å².